The molecule has 8 heteroatoms. The minimum Gasteiger partial charge on any atom is -0.444 e. The largest absolute Gasteiger partial charge is 0.444 e. The zero-order valence-corrected chi connectivity index (χ0v) is 14.9. The molecule has 3 rings (SSSR count). The first-order chi connectivity index (χ1) is 12.2. The molecule has 0 spiro atoms. The van der Waals surface area contributed by atoms with Crippen molar-refractivity contribution >= 4 is 23.8 Å². The Kier molecular flexibility index (Phi) is 4.43. The van der Waals surface area contributed by atoms with Gasteiger partial charge in [0, 0.05) is 6.54 Å². The monoisotopic (exact) mass is 359 g/mol. The van der Waals surface area contributed by atoms with Gasteiger partial charge in [0.25, 0.3) is 17.7 Å². The first-order valence-electron chi connectivity index (χ1n) is 8.47. The normalized spacial score (nSPS) is 19.6. The minimum absolute atomic E-state index is 0.244. The molecule has 4 amide bonds. The van der Waals surface area contributed by atoms with Gasteiger partial charge in [-0.05, 0) is 45.7 Å². The molecule has 0 aliphatic carbocycles. The second-order valence-corrected chi connectivity index (χ2v) is 7.30. The summed E-state index contributed by atoms with van der Waals surface area (Å²) >= 11 is 0. The number of nitrogens with one attached hydrogen (secondary N) is 1. The molecule has 1 aromatic carbocycles. The van der Waals surface area contributed by atoms with Gasteiger partial charge in [0.15, 0.2) is 0 Å². The summed E-state index contributed by atoms with van der Waals surface area (Å²) in [5.41, 5.74) is 2.17. The molecule has 0 radical (unpaired) electrons. The molecule has 0 aromatic heterocycles. The molecule has 1 saturated heterocycles. The Hall–Kier alpha value is -2.90. The van der Waals surface area contributed by atoms with Gasteiger partial charge in [-0.3, -0.25) is 24.7 Å². The van der Waals surface area contributed by atoms with Crippen LogP contribution in [-0.2, 0) is 9.53 Å². The van der Waals surface area contributed by atoms with Crippen molar-refractivity contribution in [1.82, 2.24) is 15.3 Å². The maximum atomic E-state index is 12.6. The maximum absolute atomic E-state index is 12.6. The highest BCUT2D eigenvalue weighted by Gasteiger charge is 2.41. The van der Waals surface area contributed by atoms with Gasteiger partial charge in [0.05, 0.1) is 11.1 Å². The van der Waals surface area contributed by atoms with Crippen LogP contribution in [0, 0.1) is 0 Å². The Labute approximate surface area is 151 Å². The van der Waals surface area contributed by atoms with Gasteiger partial charge in [0.2, 0.25) is 0 Å². The summed E-state index contributed by atoms with van der Waals surface area (Å²) in [5.74, 6) is -1.75. The lowest BCUT2D eigenvalue weighted by Crippen LogP contribution is -2.54. The van der Waals surface area contributed by atoms with Crippen LogP contribution in [0.1, 0.15) is 54.3 Å². The third-order valence-corrected chi connectivity index (χ3v) is 4.20. The van der Waals surface area contributed by atoms with Crippen LogP contribution in [0.5, 0.6) is 0 Å². The summed E-state index contributed by atoms with van der Waals surface area (Å²) in [5, 5.41) is 0.707. The molecule has 0 unspecified atom stereocenters. The van der Waals surface area contributed by atoms with Gasteiger partial charge in [-0.15, -0.1) is 0 Å². The Bertz CT molecular complexity index is 748. The fourth-order valence-electron chi connectivity index (χ4n) is 3.05. The Morgan fingerprint density at radius 1 is 1.12 bits per heavy atom. The second-order valence-electron chi connectivity index (χ2n) is 7.30. The molecule has 1 fully saturated rings. The van der Waals surface area contributed by atoms with Gasteiger partial charge in [-0.2, -0.15) is 5.01 Å². The highest BCUT2D eigenvalue weighted by Crippen LogP contribution is 2.23. The van der Waals surface area contributed by atoms with E-state index in [1.165, 1.54) is 17.0 Å². The van der Waals surface area contributed by atoms with Crippen LogP contribution in [-0.4, -0.2) is 51.9 Å². The summed E-state index contributed by atoms with van der Waals surface area (Å²) in [6, 6.07) is 5.58. The summed E-state index contributed by atoms with van der Waals surface area (Å²) < 4.78 is 5.32. The van der Waals surface area contributed by atoms with Crippen LogP contribution < -0.4 is 5.43 Å². The summed E-state index contributed by atoms with van der Waals surface area (Å²) in [6.07, 6.45) is 0.491. The lowest BCUT2D eigenvalue weighted by molar-refractivity contribution is -0.128. The van der Waals surface area contributed by atoms with E-state index >= 15 is 0 Å². The van der Waals surface area contributed by atoms with Crippen LogP contribution in [0.2, 0.25) is 0 Å². The van der Waals surface area contributed by atoms with Crippen LogP contribution in [0.25, 0.3) is 0 Å². The highest BCUT2D eigenvalue weighted by molar-refractivity contribution is 6.21. The second kappa shape index (κ2) is 6.44. The number of hydrogen-bond donors (Lipinski definition) is 1. The molecule has 1 aromatic rings. The fraction of sp³-hybridized carbons (Fsp3) is 0.444. The van der Waals surface area contributed by atoms with Gasteiger partial charge in [-0.1, -0.05) is 12.1 Å². The highest BCUT2D eigenvalue weighted by atomic mass is 16.6. The van der Waals surface area contributed by atoms with E-state index in [9.17, 15) is 19.2 Å². The van der Waals surface area contributed by atoms with Crippen molar-refractivity contribution in [1.29, 1.82) is 0 Å². The summed E-state index contributed by atoms with van der Waals surface area (Å²) in [7, 11) is 0. The van der Waals surface area contributed by atoms with Gasteiger partial charge < -0.3 is 4.74 Å². The number of fused-ring (bicyclic) bond motifs is 1. The van der Waals surface area contributed by atoms with E-state index in [2.05, 4.69) is 5.43 Å². The molecule has 2 aliphatic rings. The Morgan fingerprint density at radius 2 is 1.69 bits per heavy atom. The topological polar surface area (TPSA) is 96.0 Å². The number of ether oxygens (including phenoxy) is 1. The van der Waals surface area contributed by atoms with E-state index in [-0.39, 0.29) is 11.1 Å². The molecular weight excluding hydrogens is 338 g/mol. The number of hydrazine groups is 1. The van der Waals surface area contributed by atoms with E-state index in [0.29, 0.717) is 24.4 Å². The zero-order chi connectivity index (χ0) is 19.1. The number of carbonyl (C=O) groups is 4. The Morgan fingerprint density at radius 3 is 2.23 bits per heavy atom. The van der Waals surface area contributed by atoms with Gasteiger partial charge >= 0.3 is 6.09 Å². The minimum atomic E-state index is -0.783. The van der Waals surface area contributed by atoms with Crippen LogP contribution in [0.4, 0.5) is 4.79 Å². The van der Waals surface area contributed by atoms with E-state index in [0.717, 1.165) is 0 Å². The number of rotatable bonds is 2. The zero-order valence-electron chi connectivity index (χ0n) is 14.9. The Balaban J connectivity index is 1.71. The number of likely N-dealkylation sites (tertiary alicyclic amines) is 1. The average Bonchev–Trinajstić information content (AvgIpc) is 3.14. The number of benzene rings is 1. The van der Waals surface area contributed by atoms with Crippen molar-refractivity contribution in [2.45, 2.75) is 45.3 Å². The molecule has 1 atom stereocenters. The van der Waals surface area contributed by atoms with Gasteiger partial charge in [0.1, 0.15) is 11.6 Å². The number of nitrogens with zero attached hydrogens (tertiary/aromatic N) is 2. The smallest absolute Gasteiger partial charge is 0.410 e. The summed E-state index contributed by atoms with van der Waals surface area (Å²) in [4.78, 5) is 50.9. The van der Waals surface area contributed by atoms with Crippen LogP contribution >= 0.6 is 0 Å². The van der Waals surface area contributed by atoms with Crippen molar-refractivity contribution in [2.75, 3.05) is 6.54 Å². The predicted octanol–water partition coefficient (Wildman–Crippen LogP) is 1.71. The van der Waals surface area contributed by atoms with Crippen molar-refractivity contribution in [3.8, 4) is 0 Å². The van der Waals surface area contributed by atoms with E-state index in [1.807, 2.05) is 0 Å². The van der Waals surface area contributed by atoms with Crippen molar-refractivity contribution < 1.29 is 23.9 Å². The molecule has 8 nitrogen and oxygen atoms in total. The first kappa shape index (κ1) is 17.9. The lowest BCUT2D eigenvalue weighted by atomic mass is 10.1. The number of carbonyl (C=O) groups excluding carboxylic acids is 4. The SMILES string of the molecule is CC(C)(C)OC(=O)N1CCC[C@H]1C(=O)NN1C(=O)c2ccccc2C1=O. The summed E-state index contributed by atoms with van der Waals surface area (Å²) in [6.45, 7) is 5.62. The van der Waals surface area contributed by atoms with E-state index < -0.39 is 35.5 Å². The average molecular weight is 359 g/mol. The first-order valence-corrected chi connectivity index (χ1v) is 8.47. The number of amides is 4. The van der Waals surface area contributed by atoms with Crippen molar-refractivity contribution in [3.05, 3.63) is 35.4 Å². The number of hydrogen-bond acceptors (Lipinski definition) is 5. The van der Waals surface area contributed by atoms with Crippen LogP contribution in [0.3, 0.4) is 0 Å². The molecule has 2 aliphatic heterocycles. The molecule has 26 heavy (non-hydrogen) atoms. The molecule has 0 bridgehead atoms. The third kappa shape index (κ3) is 3.26. The lowest BCUT2D eigenvalue weighted by Gasteiger charge is -2.28. The van der Waals surface area contributed by atoms with Gasteiger partial charge in [-0.25, -0.2) is 4.79 Å². The fourth-order valence-corrected chi connectivity index (χ4v) is 3.05. The maximum Gasteiger partial charge on any atom is 0.410 e. The molecular formula is C18H21N3O5. The van der Waals surface area contributed by atoms with E-state index in [4.69, 9.17) is 4.74 Å². The number of imide groups is 1. The predicted molar refractivity (Wildman–Crippen MR) is 91.0 cm³/mol. The molecule has 2 heterocycles. The quantitative estimate of drug-likeness (QED) is 0.811. The van der Waals surface area contributed by atoms with E-state index in [1.54, 1.807) is 32.9 Å². The van der Waals surface area contributed by atoms with Crippen LogP contribution in [0.15, 0.2) is 24.3 Å². The molecule has 138 valence electrons. The third-order valence-electron chi connectivity index (χ3n) is 4.20. The van der Waals surface area contributed by atoms with Crippen molar-refractivity contribution in [2.24, 2.45) is 0 Å². The standard InChI is InChI=1S/C18H21N3O5/c1-18(2,3)26-17(25)20-10-6-9-13(20)14(22)19-21-15(23)11-7-4-5-8-12(11)16(21)24/h4-5,7-8,13H,6,9-10H2,1-3H3,(H,19,22)/t13-/m0/s1. The molecule has 1 N–H and O–H groups in total. The molecule has 0 saturated carbocycles. The van der Waals surface area contributed by atoms with Crippen molar-refractivity contribution in [3.63, 3.8) is 0 Å².